The molecule has 1 aliphatic heterocycles. The average molecular weight is 594 g/mol. The van der Waals surface area contributed by atoms with E-state index in [9.17, 15) is 27.5 Å². The molecule has 0 bridgehead atoms. The molecule has 12 heteroatoms. The first kappa shape index (κ1) is 29.1. The van der Waals surface area contributed by atoms with Crippen LogP contribution in [0.3, 0.4) is 0 Å². The number of pyridine rings is 1. The fourth-order valence-corrected chi connectivity index (χ4v) is 4.71. The summed E-state index contributed by atoms with van der Waals surface area (Å²) in [5, 5.41) is 16.3. The second-order valence-corrected chi connectivity index (χ2v) is 10.9. The van der Waals surface area contributed by atoms with E-state index < -0.39 is 41.3 Å². The Morgan fingerprint density at radius 2 is 1.90 bits per heavy atom. The molecule has 1 aliphatic carbocycles. The van der Waals surface area contributed by atoms with Gasteiger partial charge in [0.25, 0.3) is 5.91 Å². The summed E-state index contributed by atoms with van der Waals surface area (Å²) in [5.74, 6) is -0.879. The highest BCUT2D eigenvalue weighted by Gasteiger charge is 2.57. The van der Waals surface area contributed by atoms with Crippen molar-refractivity contribution in [3.05, 3.63) is 76.2 Å². The number of methoxy groups -OCH3 is 1. The molecule has 7 nitrogen and oxygen atoms in total. The number of alkyl halides is 3. The number of hydrogen-bond donors (Lipinski definition) is 3. The van der Waals surface area contributed by atoms with Crippen molar-refractivity contribution in [3.63, 3.8) is 0 Å². The zero-order chi connectivity index (χ0) is 29.6. The van der Waals surface area contributed by atoms with Crippen LogP contribution in [-0.2, 0) is 11.1 Å². The molecule has 218 valence electrons. The molecule has 1 saturated heterocycles. The Morgan fingerprint density at radius 1 is 1.17 bits per heavy atom. The molecule has 2 fully saturated rings. The van der Waals surface area contributed by atoms with Gasteiger partial charge in [-0.1, -0.05) is 11.6 Å². The van der Waals surface area contributed by atoms with E-state index in [4.69, 9.17) is 21.1 Å². The number of carbonyl (C=O) groups is 1. The first-order valence-corrected chi connectivity index (χ1v) is 13.4. The molecule has 0 radical (unpaired) electrons. The minimum absolute atomic E-state index is 0.0176. The molecule has 2 aliphatic rings. The van der Waals surface area contributed by atoms with E-state index in [2.05, 4.69) is 15.6 Å². The number of carbonyl (C=O) groups excluding carboxylic acids is 1. The highest BCUT2D eigenvalue weighted by Crippen LogP contribution is 2.42. The number of benzene rings is 2. The molecule has 2 heterocycles. The predicted molar refractivity (Wildman–Crippen MR) is 144 cm³/mol. The lowest BCUT2D eigenvalue weighted by molar-refractivity contribution is -0.265. The number of amides is 1. The first-order valence-electron chi connectivity index (χ1n) is 13.0. The van der Waals surface area contributed by atoms with Crippen molar-refractivity contribution in [1.82, 2.24) is 15.6 Å². The van der Waals surface area contributed by atoms with Crippen molar-refractivity contribution in [2.24, 2.45) is 0 Å². The smallest absolute Gasteiger partial charge is 0.424 e. The number of nitrogens with zero attached hydrogens (tertiary/aromatic N) is 1. The lowest BCUT2D eigenvalue weighted by atomic mass is 9.81. The Balaban J connectivity index is 1.48. The summed E-state index contributed by atoms with van der Waals surface area (Å²) in [6, 6.07) is 10.7. The van der Waals surface area contributed by atoms with Crippen LogP contribution in [0.25, 0.3) is 11.3 Å². The summed E-state index contributed by atoms with van der Waals surface area (Å²) in [7, 11) is 1.39. The Labute approximate surface area is 238 Å². The number of nitrogens with one attached hydrogen (secondary N) is 2. The highest BCUT2D eigenvalue weighted by atomic mass is 35.5. The second-order valence-electron chi connectivity index (χ2n) is 10.5. The maximum absolute atomic E-state index is 14.6. The summed E-state index contributed by atoms with van der Waals surface area (Å²) in [5.41, 5.74) is -4.18. The Bertz CT molecular complexity index is 1480. The van der Waals surface area contributed by atoms with Crippen LogP contribution in [0.1, 0.15) is 47.8 Å². The maximum atomic E-state index is 14.6. The van der Waals surface area contributed by atoms with E-state index in [1.54, 1.807) is 6.07 Å². The molecule has 5 rings (SSSR count). The molecule has 41 heavy (non-hydrogen) atoms. The second kappa shape index (κ2) is 10.8. The number of halogens is 5. The van der Waals surface area contributed by atoms with Crippen molar-refractivity contribution in [2.75, 3.05) is 20.2 Å². The molecule has 3 N–H and O–H groups in total. The number of aromatic nitrogens is 1. The van der Waals surface area contributed by atoms with Gasteiger partial charge in [0.05, 0.1) is 36.2 Å². The third-order valence-electron chi connectivity index (χ3n) is 7.46. The van der Waals surface area contributed by atoms with Gasteiger partial charge in [0.15, 0.2) is 11.5 Å². The van der Waals surface area contributed by atoms with Crippen molar-refractivity contribution < 1.29 is 36.9 Å². The van der Waals surface area contributed by atoms with Crippen LogP contribution >= 0.6 is 11.6 Å². The number of rotatable bonds is 9. The van der Waals surface area contributed by atoms with Crippen LogP contribution in [0.15, 0.2) is 48.5 Å². The standard InChI is InChI=1S/C29H28ClF4N3O4/c1-27(9-10-36-27)18-13-22(16-3-7-21(31)20(30)11-16)37-25(14-18)28(39,29(32,33)34)15-35-26(38)17-4-8-23(24(12-17)40-2)41-19-5-6-19/h3-4,7-8,11-14,19,36,39H,5-6,9-10,15H2,1-2H3,(H,35,38). The molecular weight excluding hydrogens is 566 g/mol. The summed E-state index contributed by atoms with van der Waals surface area (Å²) in [6.07, 6.45) is -2.72. The van der Waals surface area contributed by atoms with Gasteiger partial charge in [-0.25, -0.2) is 9.37 Å². The zero-order valence-electron chi connectivity index (χ0n) is 22.2. The SMILES string of the molecule is COc1cc(C(=O)NCC(O)(c2cc(C3(C)CCN3)cc(-c3ccc(F)c(Cl)c3)n2)C(F)(F)F)ccc1OC1CC1. The van der Waals surface area contributed by atoms with Gasteiger partial charge in [0.1, 0.15) is 5.82 Å². The minimum atomic E-state index is -5.22. The van der Waals surface area contributed by atoms with Gasteiger partial charge in [-0.2, -0.15) is 13.2 Å². The monoisotopic (exact) mass is 593 g/mol. The van der Waals surface area contributed by atoms with E-state index >= 15 is 0 Å². The summed E-state index contributed by atoms with van der Waals surface area (Å²) in [4.78, 5) is 17.1. The largest absolute Gasteiger partial charge is 0.493 e. The lowest BCUT2D eigenvalue weighted by Crippen LogP contribution is -2.53. The molecule has 0 spiro atoms. The molecule has 2 aromatic carbocycles. The first-order chi connectivity index (χ1) is 19.3. The maximum Gasteiger partial charge on any atom is 0.424 e. The topological polar surface area (TPSA) is 92.7 Å². The van der Waals surface area contributed by atoms with Crippen LogP contribution in [-0.4, -0.2) is 48.5 Å². The van der Waals surface area contributed by atoms with E-state index in [1.807, 2.05) is 6.92 Å². The van der Waals surface area contributed by atoms with Crippen molar-refractivity contribution >= 4 is 17.5 Å². The van der Waals surface area contributed by atoms with Gasteiger partial charge < -0.3 is 25.2 Å². The van der Waals surface area contributed by atoms with Gasteiger partial charge in [-0.15, -0.1) is 0 Å². The number of ether oxygens (including phenoxy) is 2. The van der Waals surface area contributed by atoms with Crippen LogP contribution in [0.2, 0.25) is 5.02 Å². The lowest BCUT2D eigenvalue weighted by Gasteiger charge is -2.41. The van der Waals surface area contributed by atoms with Crippen LogP contribution in [0.5, 0.6) is 11.5 Å². The fourth-order valence-electron chi connectivity index (χ4n) is 4.53. The van der Waals surface area contributed by atoms with Crippen LogP contribution < -0.4 is 20.1 Å². The Hall–Kier alpha value is -3.41. The van der Waals surface area contributed by atoms with Crippen molar-refractivity contribution in [2.45, 2.75) is 49.6 Å². The van der Waals surface area contributed by atoms with E-state index in [0.29, 0.717) is 24.3 Å². The zero-order valence-corrected chi connectivity index (χ0v) is 23.0. The van der Waals surface area contributed by atoms with Crippen molar-refractivity contribution in [1.29, 1.82) is 0 Å². The van der Waals surface area contributed by atoms with Crippen LogP contribution in [0.4, 0.5) is 17.6 Å². The van der Waals surface area contributed by atoms with Gasteiger partial charge in [-0.3, -0.25) is 4.79 Å². The normalized spacial score (nSPS) is 20.1. The third kappa shape index (κ3) is 5.84. The van der Waals surface area contributed by atoms with E-state index in [-0.39, 0.29) is 33.7 Å². The molecule has 3 aromatic rings. The minimum Gasteiger partial charge on any atom is -0.493 e. The van der Waals surface area contributed by atoms with E-state index in [0.717, 1.165) is 18.9 Å². The summed E-state index contributed by atoms with van der Waals surface area (Å²) >= 11 is 5.93. The fraction of sp³-hybridized carbons (Fsp3) is 0.379. The van der Waals surface area contributed by atoms with Gasteiger partial charge in [-0.05, 0) is 86.8 Å². The van der Waals surface area contributed by atoms with Gasteiger partial charge >= 0.3 is 6.18 Å². The average Bonchev–Trinajstić information content (AvgIpc) is 3.75. The third-order valence-corrected chi connectivity index (χ3v) is 7.75. The van der Waals surface area contributed by atoms with Gasteiger partial charge in [0, 0.05) is 16.7 Å². The van der Waals surface area contributed by atoms with E-state index in [1.165, 1.54) is 43.5 Å². The van der Waals surface area contributed by atoms with Crippen LogP contribution in [0, 0.1) is 5.82 Å². The highest BCUT2D eigenvalue weighted by molar-refractivity contribution is 6.31. The quantitative estimate of drug-likeness (QED) is 0.285. The molecule has 2 unspecified atom stereocenters. The van der Waals surface area contributed by atoms with Crippen molar-refractivity contribution in [3.8, 4) is 22.8 Å². The summed E-state index contributed by atoms with van der Waals surface area (Å²) < 4.78 is 68.5. The predicted octanol–water partition coefficient (Wildman–Crippen LogP) is 5.48. The molecule has 1 amide bonds. The summed E-state index contributed by atoms with van der Waals surface area (Å²) in [6.45, 7) is 1.25. The molecule has 2 atom stereocenters. The Kier molecular flexibility index (Phi) is 7.65. The molecular formula is C29H28ClF4N3O4. The number of aliphatic hydroxyl groups is 1. The molecule has 1 aromatic heterocycles. The number of hydrogen-bond acceptors (Lipinski definition) is 6. The van der Waals surface area contributed by atoms with Gasteiger partial charge in [0.2, 0.25) is 5.60 Å². The molecule has 1 saturated carbocycles. The Morgan fingerprint density at radius 3 is 2.49 bits per heavy atom.